The Morgan fingerprint density at radius 1 is 1.15 bits per heavy atom. The van der Waals surface area contributed by atoms with E-state index in [4.69, 9.17) is 10.5 Å². The molecular formula is C12H15N3O4S. The minimum absolute atomic E-state index is 0.0149. The largest absolute Gasteiger partial charge is 0.497 e. The number of rotatable bonds is 6. The van der Waals surface area contributed by atoms with Crippen molar-refractivity contribution in [2.24, 2.45) is 5.73 Å². The van der Waals surface area contributed by atoms with Crippen LogP contribution < -0.4 is 21.1 Å². The fraction of sp³-hybridized carbons (Fsp3) is 0.250. The van der Waals surface area contributed by atoms with E-state index in [9.17, 15) is 14.4 Å². The lowest BCUT2D eigenvalue weighted by atomic mass is 10.3. The van der Waals surface area contributed by atoms with Crippen LogP contribution in [0, 0.1) is 0 Å². The van der Waals surface area contributed by atoms with Crippen LogP contribution >= 0.6 is 11.8 Å². The maximum atomic E-state index is 11.6. The highest BCUT2D eigenvalue weighted by Gasteiger charge is 2.07. The number of carbonyl (C=O) groups is 3. The maximum absolute atomic E-state index is 11.6. The predicted octanol–water partition coefficient (Wildman–Crippen LogP) is 0.562. The zero-order valence-electron chi connectivity index (χ0n) is 10.8. The number of amides is 4. The van der Waals surface area contributed by atoms with E-state index in [1.54, 1.807) is 31.4 Å². The van der Waals surface area contributed by atoms with Gasteiger partial charge in [-0.3, -0.25) is 14.9 Å². The summed E-state index contributed by atoms with van der Waals surface area (Å²) in [4.78, 5) is 33.1. The molecule has 8 heteroatoms. The lowest BCUT2D eigenvalue weighted by Crippen LogP contribution is -2.36. The summed E-state index contributed by atoms with van der Waals surface area (Å²) in [7, 11) is 1.56. The van der Waals surface area contributed by atoms with Gasteiger partial charge in [-0.1, -0.05) is 0 Å². The zero-order valence-corrected chi connectivity index (χ0v) is 11.7. The molecule has 0 fully saturated rings. The van der Waals surface area contributed by atoms with Gasteiger partial charge < -0.3 is 15.8 Å². The van der Waals surface area contributed by atoms with Crippen LogP contribution in [0.5, 0.6) is 5.75 Å². The second kappa shape index (κ2) is 8.05. The highest BCUT2D eigenvalue weighted by Crippen LogP contribution is 2.15. The molecule has 0 aliphatic carbocycles. The number of nitrogens with two attached hydrogens (primary N) is 1. The van der Waals surface area contributed by atoms with Gasteiger partial charge in [-0.15, -0.1) is 11.8 Å². The van der Waals surface area contributed by atoms with Gasteiger partial charge in [-0.25, -0.2) is 4.79 Å². The van der Waals surface area contributed by atoms with Gasteiger partial charge in [0.05, 0.1) is 18.6 Å². The first-order valence-corrected chi connectivity index (χ1v) is 6.77. The topological polar surface area (TPSA) is 111 Å². The summed E-state index contributed by atoms with van der Waals surface area (Å²) in [6.45, 7) is 0. The number of urea groups is 1. The molecule has 4 amide bonds. The highest BCUT2D eigenvalue weighted by molar-refractivity contribution is 8.00. The summed E-state index contributed by atoms with van der Waals surface area (Å²) < 4.78 is 5.00. The van der Waals surface area contributed by atoms with E-state index in [1.165, 1.54) is 0 Å². The Hall–Kier alpha value is -2.22. The number of primary amides is 1. The maximum Gasteiger partial charge on any atom is 0.318 e. The Balaban J connectivity index is 2.29. The first-order valence-electron chi connectivity index (χ1n) is 5.62. The van der Waals surface area contributed by atoms with Crippen molar-refractivity contribution >= 4 is 35.3 Å². The van der Waals surface area contributed by atoms with Crippen LogP contribution in [-0.2, 0) is 9.59 Å². The molecule has 1 aromatic carbocycles. The van der Waals surface area contributed by atoms with Crippen molar-refractivity contribution < 1.29 is 19.1 Å². The summed E-state index contributed by atoms with van der Waals surface area (Å²) in [5.74, 6) is 0.00395. The predicted molar refractivity (Wildman–Crippen MR) is 76.7 cm³/mol. The van der Waals surface area contributed by atoms with Crippen LogP contribution in [0.3, 0.4) is 0 Å². The molecule has 0 atom stereocenters. The average Bonchev–Trinajstić information content (AvgIpc) is 2.38. The number of ether oxygens (including phenoxy) is 1. The van der Waals surface area contributed by atoms with E-state index in [2.05, 4.69) is 5.32 Å². The van der Waals surface area contributed by atoms with Crippen molar-refractivity contribution in [2.75, 3.05) is 23.9 Å². The minimum atomic E-state index is -0.904. The van der Waals surface area contributed by atoms with Crippen molar-refractivity contribution in [1.29, 1.82) is 0 Å². The third-order valence-electron chi connectivity index (χ3n) is 2.10. The standard InChI is InChI=1S/C12H15N3O4S/c1-19-9-4-2-8(3-5-9)14-10(16)6-20-7-11(17)15-12(13)18/h2-5H,6-7H2,1H3,(H,14,16)(H3,13,15,17,18). The monoisotopic (exact) mass is 297 g/mol. The number of benzene rings is 1. The van der Waals surface area contributed by atoms with Gasteiger partial charge in [0.2, 0.25) is 11.8 Å². The molecule has 0 aliphatic heterocycles. The lowest BCUT2D eigenvalue weighted by Gasteiger charge is -2.06. The summed E-state index contributed by atoms with van der Waals surface area (Å²) in [6, 6.07) is 5.97. The van der Waals surface area contributed by atoms with Crippen LogP contribution in [0.15, 0.2) is 24.3 Å². The van der Waals surface area contributed by atoms with Crippen molar-refractivity contribution in [3.8, 4) is 5.75 Å². The number of imide groups is 1. The molecule has 7 nitrogen and oxygen atoms in total. The molecule has 0 saturated carbocycles. The van der Waals surface area contributed by atoms with Crippen molar-refractivity contribution in [3.63, 3.8) is 0 Å². The van der Waals surface area contributed by atoms with E-state index in [0.717, 1.165) is 11.8 Å². The van der Waals surface area contributed by atoms with Gasteiger partial charge in [-0.05, 0) is 24.3 Å². The molecule has 0 heterocycles. The Morgan fingerprint density at radius 2 is 1.75 bits per heavy atom. The Bertz CT molecular complexity index is 490. The summed E-state index contributed by atoms with van der Waals surface area (Å²) in [5, 5.41) is 4.58. The molecule has 108 valence electrons. The molecule has 20 heavy (non-hydrogen) atoms. The minimum Gasteiger partial charge on any atom is -0.497 e. The molecule has 1 rings (SSSR count). The normalized spacial score (nSPS) is 9.65. The number of carbonyl (C=O) groups excluding carboxylic acids is 3. The SMILES string of the molecule is COc1ccc(NC(=O)CSCC(=O)NC(N)=O)cc1. The smallest absolute Gasteiger partial charge is 0.318 e. The fourth-order valence-electron chi connectivity index (χ4n) is 1.28. The van der Waals surface area contributed by atoms with Crippen molar-refractivity contribution in [1.82, 2.24) is 5.32 Å². The number of methoxy groups -OCH3 is 1. The molecule has 0 aliphatic rings. The van der Waals surface area contributed by atoms with E-state index in [0.29, 0.717) is 11.4 Å². The molecule has 1 aromatic rings. The van der Waals surface area contributed by atoms with Gasteiger partial charge in [0.25, 0.3) is 0 Å². The number of hydrogen-bond donors (Lipinski definition) is 3. The average molecular weight is 297 g/mol. The molecule has 0 unspecified atom stereocenters. The Morgan fingerprint density at radius 3 is 2.30 bits per heavy atom. The lowest BCUT2D eigenvalue weighted by molar-refractivity contribution is -0.117. The summed E-state index contributed by atoms with van der Waals surface area (Å²) in [5.41, 5.74) is 5.42. The Labute approximate surface area is 120 Å². The van der Waals surface area contributed by atoms with Gasteiger partial charge in [0.15, 0.2) is 0 Å². The summed E-state index contributed by atoms with van der Waals surface area (Å²) >= 11 is 1.08. The van der Waals surface area contributed by atoms with E-state index in [-0.39, 0.29) is 17.4 Å². The first kappa shape index (κ1) is 15.8. The number of hydrogen-bond acceptors (Lipinski definition) is 5. The van der Waals surface area contributed by atoms with E-state index < -0.39 is 11.9 Å². The third-order valence-corrected chi connectivity index (χ3v) is 3.04. The van der Waals surface area contributed by atoms with Crippen LogP contribution in [0.4, 0.5) is 10.5 Å². The quantitative estimate of drug-likeness (QED) is 0.710. The highest BCUT2D eigenvalue weighted by atomic mass is 32.2. The van der Waals surface area contributed by atoms with Crippen LogP contribution in [0.25, 0.3) is 0 Å². The van der Waals surface area contributed by atoms with Gasteiger partial charge in [-0.2, -0.15) is 0 Å². The van der Waals surface area contributed by atoms with E-state index in [1.807, 2.05) is 5.32 Å². The fourth-order valence-corrected chi connectivity index (χ4v) is 1.90. The van der Waals surface area contributed by atoms with Crippen LogP contribution in [0.1, 0.15) is 0 Å². The molecule has 0 radical (unpaired) electrons. The second-order valence-electron chi connectivity index (χ2n) is 3.68. The van der Waals surface area contributed by atoms with Gasteiger partial charge in [0, 0.05) is 5.69 Å². The molecule has 0 aromatic heterocycles. The van der Waals surface area contributed by atoms with Gasteiger partial charge >= 0.3 is 6.03 Å². The molecule has 4 N–H and O–H groups in total. The zero-order chi connectivity index (χ0) is 15.0. The molecule has 0 bridgehead atoms. The Kier molecular flexibility index (Phi) is 6.38. The molecule has 0 saturated heterocycles. The number of anilines is 1. The van der Waals surface area contributed by atoms with Crippen LogP contribution in [-0.4, -0.2) is 36.5 Å². The summed E-state index contributed by atoms with van der Waals surface area (Å²) in [6.07, 6.45) is 0. The van der Waals surface area contributed by atoms with Crippen LogP contribution in [0.2, 0.25) is 0 Å². The molecular weight excluding hydrogens is 282 g/mol. The van der Waals surface area contributed by atoms with Crippen molar-refractivity contribution in [3.05, 3.63) is 24.3 Å². The van der Waals surface area contributed by atoms with Gasteiger partial charge in [0.1, 0.15) is 5.75 Å². The first-order chi connectivity index (χ1) is 9.51. The van der Waals surface area contributed by atoms with E-state index >= 15 is 0 Å². The molecule has 0 spiro atoms. The van der Waals surface area contributed by atoms with Crippen molar-refractivity contribution in [2.45, 2.75) is 0 Å². The number of thioether (sulfide) groups is 1. The third kappa shape index (κ3) is 6.10. The number of nitrogens with one attached hydrogen (secondary N) is 2. The second-order valence-corrected chi connectivity index (χ2v) is 4.67.